The largest absolute Gasteiger partial charge is 0.314 e. The van der Waals surface area contributed by atoms with Crippen LogP contribution in [0.4, 0.5) is 0 Å². The Morgan fingerprint density at radius 2 is 1.88 bits per heavy atom. The van der Waals surface area contributed by atoms with E-state index in [4.69, 9.17) is 0 Å². The minimum Gasteiger partial charge on any atom is -0.314 e. The van der Waals surface area contributed by atoms with E-state index in [2.05, 4.69) is 21.7 Å². The molecule has 2 heterocycles. The van der Waals surface area contributed by atoms with Gasteiger partial charge in [-0.2, -0.15) is 0 Å². The number of hydrogen-bond acceptors (Lipinski definition) is 2. The van der Waals surface area contributed by atoms with Crippen LogP contribution in [-0.2, 0) is 13.0 Å². The smallest absolute Gasteiger partial charge is 0.136 e. The Morgan fingerprint density at radius 3 is 2.69 bits per heavy atom. The summed E-state index contributed by atoms with van der Waals surface area (Å²) < 4.78 is 2.42. The molecule has 1 unspecified atom stereocenters. The Labute approximate surface area is 97.3 Å². The topological polar surface area (TPSA) is 30.7 Å². The van der Waals surface area contributed by atoms with E-state index >= 15 is 0 Å². The molecule has 1 fully saturated rings. The van der Waals surface area contributed by atoms with Gasteiger partial charge >= 0.3 is 0 Å². The van der Waals surface area contributed by atoms with E-state index < -0.39 is 0 Å². The predicted octanol–water partition coefficient (Wildman–Crippen LogP) is 2.91. The molecular formula is C13H21N3. The zero-order valence-corrected chi connectivity index (χ0v) is 10.2. The van der Waals surface area contributed by atoms with Gasteiger partial charge in [0.25, 0.3) is 0 Å². The van der Waals surface area contributed by atoms with E-state index in [1.54, 1.807) is 0 Å². The van der Waals surface area contributed by atoms with Crippen LogP contribution in [0, 0.1) is 5.92 Å². The first-order valence-electron chi connectivity index (χ1n) is 6.76. The quantitative estimate of drug-likeness (QED) is 0.727. The van der Waals surface area contributed by atoms with Crippen molar-refractivity contribution in [3.8, 4) is 0 Å². The highest BCUT2D eigenvalue weighted by Crippen LogP contribution is 2.33. The van der Waals surface area contributed by atoms with Crippen molar-refractivity contribution in [3.63, 3.8) is 0 Å². The molecule has 88 valence electrons. The molecule has 0 aromatic carbocycles. The predicted molar refractivity (Wildman–Crippen MR) is 63.3 cm³/mol. The summed E-state index contributed by atoms with van der Waals surface area (Å²) in [6.45, 7) is 3.49. The van der Waals surface area contributed by atoms with Crippen molar-refractivity contribution in [3.05, 3.63) is 11.6 Å². The molecular weight excluding hydrogens is 198 g/mol. The van der Waals surface area contributed by atoms with E-state index in [-0.39, 0.29) is 0 Å². The van der Waals surface area contributed by atoms with Gasteiger partial charge in [0.15, 0.2) is 0 Å². The van der Waals surface area contributed by atoms with Gasteiger partial charge in [-0.05, 0) is 25.2 Å². The summed E-state index contributed by atoms with van der Waals surface area (Å²) in [5.74, 6) is 4.02. The Hall–Kier alpha value is -0.860. The first-order valence-corrected chi connectivity index (χ1v) is 6.76. The number of hydrogen-bond donors (Lipinski definition) is 0. The third-order valence-corrected chi connectivity index (χ3v) is 4.18. The van der Waals surface area contributed by atoms with Gasteiger partial charge in [0.2, 0.25) is 0 Å². The normalized spacial score (nSPS) is 26.7. The van der Waals surface area contributed by atoms with Crippen LogP contribution in [-0.4, -0.2) is 14.8 Å². The minimum absolute atomic E-state index is 0.695. The number of aromatic nitrogens is 3. The van der Waals surface area contributed by atoms with Gasteiger partial charge in [0, 0.05) is 18.9 Å². The van der Waals surface area contributed by atoms with Gasteiger partial charge in [-0.3, -0.25) is 0 Å². The summed E-state index contributed by atoms with van der Waals surface area (Å²) in [5.41, 5.74) is 0. The van der Waals surface area contributed by atoms with Gasteiger partial charge in [-0.1, -0.05) is 26.2 Å². The molecule has 1 atom stereocenters. The summed E-state index contributed by atoms with van der Waals surface area (Å²) in [7, 11) is 0. The highest BCUT2D eigenvalue weighted by atomic mass is 15.3. The lowest BCUT2D eigenvalue weighted by atomic mass is 9.88. The summed E-state index contributed by atoms with van der Waals surface area (Å²) >= 11 is 0. The highest BCUT2D eigenvalue weighted by Gasteiger charge is 2.26. The fourth-order valence-corrected chi connectivity index (χ4v) is 3.17. The first kappa shape index (κ1) is 10.3. The monoisotopic (exact) mass is 219 g/mol. The molecule has 0 spiro atoms. The molecule has 0 bridgehead atoms. The molecule has 16 heavy (non-hydrogen) atoms. The van der Waals surface area contributed by atoms with Gasteiger partial charge in [0.1, 0.15) is 11.6 Å². The molecule has 1 aromatic heterocycles. The maximum atomic E-state index is 4.47. The van der Waals surface area contributed by atoms with E-state index in [0.29, 0.717) is 5.92 Å². The standard InChI is InChI=1S/C13H21N3/c1-10-7-8-12-14-15-13(16(12)9-10)11-5-3-2-4-6-11/h10-11H,2-9H2,1H3. The van der Waals surface area contributed by atoms with Crippen molar-refractivity contribution in [2.75, 3.05) is 0 Å². The van der Waals surface area contributed by atoms with Crippen LogP contribution >= 0.6 is 0 Å². The van der Waals surface area contributed by atoms with E-state index in [1.807, 2.05) is 0 Å². The van der Waals surface area contributed by atoms with Crippen molar-refractivity contribution in [2.45, 2.75) is 64.3 Å². The molecule has 0 amide bonds. The van der Waals surface area contributed by atoms with Crippen molar-refractivity contribution in [2.24, 2.45) is 5.92 Å². The number of nitrogens with zero attached hydrogens (tertiary/aromatic N) is 3. The highest BCUT2D eigenvalue weighted by molar-refractivity contribution is 5.05. The van der Waals surface area contributed by atoms with Crippen LogP contribution in [0.1, 0.15) is 63.0 Å². The maximum absolute atomic E-state index is 4.47. The van der Waals surface area contributed by atoms with Gasteiger partial charge in [-0.15, -0.1) is 10.2 Å². The Balaban J connectivity index is 1.86. The second kappa shape index (κ2) is 4.19. The SMILES string of the molecule is CC1CCc2nnc(C3CCCCC3)n2C1. The molecule has 1 aliphatic carbocycles. The Bertz CT molecular complexity index is 363. The summed E-state index contributed by atoms with van der Waals surface area (Å²) in [5, 5.41) is 8.85. The maximum Gasteiger partial charge on any atom is 0.136 e. The summed E-state index contributed by atoms with van der Waals surface area (Å²) in [4.78, 5) is 0. The van der Waals surface area contributed by atoms with E-state index in [9.17, 15) is 0 Å². The second-order valence-electron chi connectivity index (χ2n) is 5.56. The lowest BCUT2D eigenvalue weighted by molar-refractivity contribution is 0.359. The molecule has 0 N–H and O–H groups in total. The molecule has 1 aliphatic heterocycles. The molecule has 2 aliphatic rings. The van der Waals surface area contributed by atoms with Crippen molar-refractivity contribution in [1.29, 1.82) is 0 Å². The van der Waals surface area contributed by atoms with Crippen molar-refractivity contribution < 1.29 is 0 Å². The molecule has 0 saturated heterocycles. The number of rotatable bonds is 1. The third-order valence-electron chi connectivity index (χ3n) is 4.18. The van der Waals surface area contributed by atoms with E-state index in [1.165, 1.54) is 50.2 Å². The van der Waals surface area contributed by atoms with Gasteiger partial charge < -0.3 is 4.57 Å². The van der Waals surface area contributed by atoms with E-state index in [0.717, 1.165) is 18.9 Å². The lowest BCUT2D eigenvalue weighted by Crippen LogP contribution is -2.21. The van der Waals surface area contributed by atoms with Crippen molar-refractivity contribution >= 4 is 0 Å². The van der Waals surface area contributed by atoms with Crippen LogP contribution in [0.5, 0.6) is 0 Å². The fourth-order valence-electron chi connectivity index (χ4n) is 3.17. The zero-order valence-electron chi connectivity index (χ0n) is 10.2. The van der Waals surface area contributed by atoms with Gasteiger partial charge in [-0.25, -0.2) is 0 Å². The molecule has 1 saturated carbocycles. The summed E-state index contributed by atoms with van der Waals surface area (Å²) in [6, 6.07) is 0. The lowest BCUT2D eigenvalue weighted by Gasteiger charge is -2.25. The molecule has 1 aromatic rings. The van der Waals surface area contributed by atoms with Crippen LogP contribution < -0.4 is 0 Å². The molecule has 3 nitrogen and oxygen atoms in total. The van der Waals surface area contributed by atoms with Crippen LogP contribution in [0.3, 0.4) is 0 Å². The Kier molecular flexibility index (Phi) is 2.70. The molecule has 0 radical (unpaired) electrons. The zero-order chi connectivity index (χ0) is 11.0. The molecule has 3 heteroatoms. The van der Waals surface area contributed by atoms with Crippen molar-refractivity contribution in [1.82, 2.24) is 14.8 Å². The average molecular weight is 219 g/mol. The number of aryl methyl sites for hydroxylation is 1. The third kappa shape index (κ3) is 1.76. The molecule has 3 rings (SSSR count). The summed E-state index contributed by atoms with van der Waals surface area (Å²) in [6.07, 6.45) is 9.22. The number of fused-ring (bicyclic) bond motifs is 1. The van der Waals surface area contributed by atoms with Crippen LogP contribution in [0.15, 0.2) is 0 Å². The minimum atomic E-state index is 0.695. The van der Waals surface area contributed by atoms with Crippen LogP contribution in [0.2, 0.25) is 0 Å². The first-order chi connectivity index (χ1) is 7.84. The van der Waals surface area contributed by atoms with Crippen LogP contribution in [0.25, 0.3) is 0 Å². The Morgan fingerprint density at radius 1 is 1.06 bits per heavy atom. The average Bonchev–Trinajstić information content (AvgIpc) is 2.73. The van der Waals surface area contributed by atoms with Gasteiger partial charge in [0.05, 0.1) is 0 Å². The second-order valence-corrected chi connectivity index (χ2v) is 5.56. The fraction of sp³-hybridized carbons (Fsp3) is 0.846.